The minimum absolute atomic E-state index is 0.135. The van der Waals surface area contributed by atoms with Gasteiger partial charge in [-0.05, 0) is 26.3 Å². The highest BCUT2D eigenvalue weighted by Crippen LogP contribution is 2.25. The first-order valence-electron chi connectivity index (χ1n) is 6.35. The Morgan fingerprint density at radius 3 is 2.72 bits per heavy atom. The molecule has 2 aliphatic heterocycles. The van der Waals surface area contributed by atoms with Crippen molar-refractivity contribution in [1.29, 1.82) is 0 Å². The van der Waals surface area contributed by atoms with E-state index in [-0.39, 0.29) is 12.1 Å². The SMILES string of the molecule is CC1CN2CCCCC2CN1S(=O)(=O)CC(=O)O. The highest BCUT2D eigenvalue weighted by molar-refractivity contribution is 7.89. The summed E-state index contributed by atoms with van der Waals surface area (Å²) in [4.78, 5) is 13.0. The fourth-order valence-corrected chi connectivity index (χ4v) is 4.44. The topological polar surface area (TPSA) is 77.9 Å². The molecular weight excluding hydrogens is 256 g/mol. The van der Waals surface area contributed by atoms with Crippen LogP contribution in [0.25, 0.3) is 0 Å². The Kier molecular flexibility index (Phi) is 3.93. The molecular formula is C11H20N2O4S. The summed E-state index contributed by atoms with van der Waals surface area (Å²) in [5, 5.41) is 8.68. The molecule has 0 bridgehead atoms. The van der Waals surface area contributed by atoms with Crippen molar-refractivity contribution in [1.82, 2.24) is 9.21 Å². The number of sulfonamides is 1. The molecule has 0 amide bonds. The van der Waals surface area contributed by atoms with Crippen LogP contribution in [0.3, 0.4) is 0 Å². The lowest BCUT2D eigenvalue weighted by atomic mass is 9.99. The van der Waals surface area contributed by atoms with Crippen LogP contribution in [0.15, 0.2) is 0 Å². The Labute approximate surface area is 108 Å². The first kappa shape index (κ1) is 13.8. The predicted octanol–water partition coefficient (Wildman–Crippen LogP) is -0.0406. The molecule has 2 unspecified atom stereocenters. The number of piperidine rings is 1. The van der Waals surface area contributed by atoms with E-state index >= 15 is 0 Å². The molecule has 2 atom stereocenters. The Morgan fingerprint density at radius 1 is 1.33 bits per heavy atom. The third kappa shape index (κ3) is 2.84. The van der Waals surface area contributed by atoms with E-state index in [0.29, 0.717) is 13.1 Å². The number of hydrogen-bond donors (Lipinski definition) is 1. The number of aliphatic carboxylic acids is 1. The Hall–Kier alpha value is -0.660. The summed E-state index contributed by atoms with van der Waals surface area (Å²) >= 11 is 0. The summed E-state index contributed by atoms with van der Waals surface area (Å²) in [5.74, 6) is -2.09. The van der Waals surface area contributed by atoms with E-state index < -0.39 is 21.7 Å². The van der Waals surface area contributed by atoms with Gasteiger partial charge in [0.25, 0.3) is 0 Å². The van der Waals surface area contributed by atoms with Crippen molar-refractivity contribution in [2.75, 3.05) is 25.4 Å². The zero-order valence-corrected chi connectivity index (χ0v) is 11.4. The van der Waals surface area contributed by atoms with E-state index in [4.69, 9.17) is 5.11 Å². The zero-order valence-electron chi connectivity index (χ0n) is 10.6. The predicted molar refractivity (Wildman–Crippen MR) is 66.8 cm³/mol. The minimum Gasteiger partial charge on any atom is -0.480 e. The van der Waals surface area contributed by atoms with Gasteiger partial charge in [-0.2, -0.15) is 4.31 Å². The van der Waals surface area contributed by atoms with Gasteiger partial charge in [-0.15, -0.1) is 0 Å². The van der Waals surface area contributed by atoms with E-state index in [1.54, 1.807) is 0 Å². The van der Waals surface area contributed by atoms with E-state index in [9.17, 15) is 13.2 Å². The largest absolute Gasteiger partial charge is 0.480 e. The quantitative estimate of drug-likeness (QED) is 0.782. The van der Waals surface area contributed by atoms with Crippen molar-refractivity contribution in [3.63, 3.8) is 0 Å². The normalized spacial score (nSPS) is 30.9. The van der Waals surface area contributed by atoms with Gasteiger partial charge in [0.1, 0.15) is 0 Å². The summed E-state index contributed by atoms with van der Waals surface area (Å²) in [6, 6.07) is 0.127. The van der Waals surface area contributed by atoms with E-state index in [2.05, 4.69) is 4.90 Å². The van der Waals surface area contributed by atoms with Crippen LogP contribution in [0.1, 0.15) is 26.2 Å². The average Bonchev–Trinajstić information content (AvgIpc) is 2.26. The van der Waals surface area contributed by atoms with E-state index in [0.717, 1.165) is 19.4 Å². The Morgan fingerprint density at radius 2 is 2.06 bits per heavy atom. The number of carboxylic acid groups (broad SMARTS) is 1. The van der Waals surface area contributed by atoms with Gasteiger partial charge in [-0.1, -0.05) is 6.42 Å². The molecule has 2 saturated heterocycles. The Bertz CT molecular complexity index is 423. The minimum atomic E-state index is -3.68. The maximum atomic E-state index is 12.0. The molecule has 2 rings (SSSR count). The van der Waals surface area contributed by atoms with Crippen LogP contribution < -0.4 is 0 Å². The van der Waals surface area contributed by atoms with Crippen molar-refractivity contribution in [2.45, 2.75) is 38.3 Å². The average molecular weight is 276 g/mol. The lowest BCUT2D eigenvalue weighted by Crippen LogP contribution is -2.60. The standard InChI is InChI=1S/C11H20N2O4S/c1-9-6-12-5-3-2-4-10(12)7-13(9)18(16,17)8-11(14)15/h9-10H,2-8H2,1H3,(H,14,15). The van der Waals surface area contributed by atoms with Crippen LogP contribution >= 0.6 is 0 Å². The van der Waals surface area contributed by atoms with Gasteiger partial charge >= 0.3 is 5.97 Å². The van der Waals surface area contributed by atoms with Crippen molar-refractivity contribution in [2.24, 2.45) is 0 Å². The number of hydrogen-bond acceptors (Lipinski definition) is 4. The molecule has 1 N–H and O–H groups in total. The number of carboxylic acids is 1. The third-order valence-electron chi connectivity index (χ3n) is 3.79. The molecule has 104 valence electrons. The second-order valence-electron chi connectivity index (χ2n) is 5.21. The maximum absolute atomic E-state index is 12.0. The molecule has 0 radical (unpaired) electrons. The summed E-state index contributed by atoms with van der Waals surface area (Å²) in [6.45, 7) is 4.03. The van der Waals surface area contributed by atoms with Gasteiger partial charge in [-0.3, -0.25) is 9.69 Å². The van der Waals surface area contributed by atoms with Crippen molar-refractivity contribution in [3.8, 4) is 0 Å². The molecule has 7 heteroatoms. The molecule has 18 heavy (non-hydrogen) atoms. The molecule has 0 spiro atoms. The van der Waals surface area contributed by atoms with Crippen LogP contribution in [0.5, 0.6) is 0 Å². The number of nitrogens with zero attached hydrogens (tertiary/aromatic N) is 2. The molecule has 2 heterocycles. The van der Waals surface area contributed by atoms with Crippen molar-refractivity contribution >= 4 is 16.0 Å². The first-order valence-corrected chi connectivity index (χ1v) is 7.96. The van der Waals surface area contributed by atoms with Crippen LogP contribution in [0.2, 0.25) is 0 Å². The van der Waals surface area contributed by atoms with Gasteiger partial charge in [-0.25, -0.2) is 8.42 Å². The second-order valence-corrected chi connectivity index (χ2v) is 7.13. The smallest absolute Gasteiger partial charge is 0.320 e. The lowest BCUT2D eigenvalue weighted by Gasteiger charge is -2.46. The number of carbonyl (C=O) groups is 1. The van der Waals surface area contributed by atoms with E-state index in [1.807, 2.05) is 6.92 Å². The molecule has 2 fully saturated rings. The number of piperazine rings is 1. The summed E-state index contributed by atoms with van der Waals surface area (Å²) in [6.07, 6.45) is 3.30. The molecule has 2 aliphatic rings. The van der Waals surface area contributed by atoms with Crippen LogP contribution in [0, 0.1) is 0 Å². The van der Waals surface area contributed by atoms with Gasteiger partial charge in [0, 0.05) is 25.2 Å². The van der Waals surface area contributed by atoms with Crippen LogP contribution in [-0.2, 0) is 14.8 Å². The summed E-state index contributed by atoms with van der Waals surface area (Å²) in [5.41, 5.74) is 0. The van der Waals surface area contributed by atoms with Crippen LogP contribution in [0.4, 0.5) is 0 Å². The van der Waals surface area contributed by atoms with E-state index in [1.165, 1.54) is 10.7 Å². The number of fused-ring (bicyclic) bond motifs is 1. The monoisotopic (exact) mass is 276 g/mol. The molecule has 6 nitrogen and oxygen atoms in total. The van der Waals surface area contributed by atoms with Crippen LogP contribution in [-0.4, -0.2) is 66.2 Å². The molecule has 0 saturated carbocycles. The Balaban J connectivity index is 2.11. The zero-order chi connectivity index (χ0) is 13.3. The third-order valence-corrected chi connectivity index (χ3v) is 5.63. The molecule has 0 aromatic rings. The fraction of sp³-hybridized carbons (Fsp3) is 0.909. The molecule has 0 aromatic carbocycles. The lowest BCUT2D eigenvalue weighted by molar-refractivity contribution is -0.134. The fourth-order valence-electron chi connectivity index (χ4n) is 2.95. The second kappa shape index (κ2) is 5.14. The molecule has 0 aromatic heterocycles. The summed E-state index contributed by atoms with van der Waals surface area (Å²) in [7, 11) is -3.68. The van der Waals surface area contributed by atoms with Gasteiger partial charge < -0.3 is 5.11 Å². The van der Waals surface area contributed by atoms with Gasteiger partial charge in [0.2, 0.25) is 10.0 Å². The number of rotatable bonds is 3. The first-order chi connectivity index (χ1) is 8.40. The van der Waals surface area contributed by atoms with Crippen molar-refractivity contribution in [3.05, 3.63) is 0 Å². The van der Waals surface area contributed by atoms with Gasteiger partial charge in [0.15, 0.2) is 5.75 Å². The highest BCUT2D eigenvalue weighted by Gasteiger charge is 2.39. The van der Waals surface area contributed by atoms with Gasteiger partial charge in [0.05, 0.1) is 0 Å². The molecule has 0 aliphatic carbocycles. The van der Waals surface area contributed by atoms with Crippen molar-refractivity contribution < 1.29 is 18.3 Å². The highest BCUT2D eigenvalue weighted by atomic mass is 32.2. The maximum Gasteiger partial charge on any atom is 0.320 e. The summed E-state index contributed by atoms with van der Waals surface area (Å²) < 4.78 is 25.4.